The SMILES string of the molecule is COc1ccccc1OC(c1ccc(Cl)cc1)C1CN(C)CCO1. The van der Waals surface area contributed by atoms with Crippen LogP contribution in [-0.2, 0) is 4.74 Å². The number of para-hydroxylation sites is 2. The van der Waals surface area contributed by atoms with Gasteiger partial charge in [0.15, 0.2) is 17.6 Å². The molecule has 2 aromatic rings. The number of rotatable bonds is 5. The fourth-order valence-corrected chi connectivity index (χ4v) is 2.98. The Balaban J connectivity index is 1.90. The maximum atomic E-state index is 6.33. The average molecular weight is 348 g/mol. The second-order valence-electron chi connectivity index (χ2n) is 5.91. The minimum absolute atomic E-state index is 0.0603. The Morgan fingerprint density at radius 3 is 2.50 bits per heavy atom. The Morgan fingerprint density at radius 2 is 1.83 bits per heavy atom. The van der Waals surface area contributed by atoms with Crippen LogP contribution in [0.3, 0.4) is 0 Å². The van der Waals surface area contributed by atoms with E-state index in [-0.39, 0.29) is 12.2 Å². The molecular weight excluding hydrogens is 326 g/mol. The van der Waals surface area contributed by atoms with E-state index in [1.807, 2.05) is 48.5 Å². The van der Waals surface area contributed by atoms with Crippen LogP contribution < -0.4 is 9.47 Å². The highest BCUT2D eigenvalue weighted by Crippen LogP contribution is 2.34. The monoisotopic (exact) mass is 347 g/mol. The van der Waals surface area contributed by atoms with Gasteiger partial charge in [-0.3, -0.25) is 0 Å². The zero-order valence-electron chi connectivity index (χ0n) is 13.9. The topological polar surface area (TPSA) is 30.9 Å². The fourth-order valence-electron chi connectivity index (χ4n) is 2.86. The van der Waals surface area contributed by atoms with Crippen molar-refractivity contribution < 1.29 is 14.2 Å². The van der Waals surface area contributed by atoms with Crippen LogP contribution in [0.4, 0.5) is 0 Å². The van der Waals surface area contributed by atoms with E-state index < -0.39 is 0 Å². The smallest absolute Gasteiger partial charge is 0.162 e. The quantitative estimate of drug-likeness (QED) is 0.823. The molecule has 0 bridgehead atoms. The Hall–Kier alpha value is -1.75. The third kappa shape index (κ3) is 4.01. The van der Waals surface area contributed by atoms with Crippen molar-refractivity contribution >= 4 is 11.6 Å². The van der Waals surface area contributed by atoms with Crippen molar-refractivity contribution in [1.82, 2.24) is 4.90 Å². The van der Waals surface area contributed by atoms with Crippen LogP contribution in [0.1, 0.15) is 11.7 Å². The number of methoxy groups -OCH3 is 1. The molecule has 0 spiro atoms. The molecule has 4 nitrogen and oxygen atoms in total. The van der Waals surface area contributed by atoms with Crippen LogP contribution in [0.15, 0.2) is 48.5 Å². The molecule has 1 saturated heterocycles. The lowest BCUT2D eigenvalue weighted by Gasteiger charge is -2.35. The van der Waals surface area contributed by atoms with Gasteiger partial charge in [0.1, 0.15) is 6.10 Å². The van der Waals surface area contributed by atoms with Crippen molar-refractivity contribution in [3.8, 4) is 11.5 Å². The molecular formula is C19H22ClNO3. The van der Waals surface area contributed by atoms with Crippen molar-refractivity contribution in [2.75, 3.05) is 33.9 Å². The molecule has 0 aliphatic carbocycles. The van der Waals surface area contributed by atoms with Gasteiger partial charge < -0.3 is 19.1 Å². The van der Waals surface area contributed by atoms with Gasteiger partial charge in [0.2, 0.25) is 0 Å². The summed E-state index contributed by atoms with van der Waals surface area (Å²) in [4.78, 5) is 2.25. The third-order valence-corrected chi connectivity index (χ3v) is 4.41. The second kappa shape index (κ2) is 7.88. The molecule has 0 radical (unpaired) electrons. The van der Waals surface area contributed by atoms with Crippen molar-refractivity contribution in [2.45, 2.75) is 12.2 Å². The maximum Gasteiger partial charge on any atom is 0.162 e. The zero-order chi connectivity index (χ0) is 16.9. The number of likely N-dealkylation sites (N-methyl/N-ethyl adjacent to an activating group) is 1. The first kappa shape index (κ1) is 17.1. The average Bonchev–Trinajstić information content (AvgIpc) is 2.61. The maximum absolute atomic E-state index is 6.33. The Kier molecular flexibility index (Phi) is 5.61. The number of hydrogen-bond acceptors (Lipinski definition) is 4. The Bertz CT molecular complexity index is 662. The van der Waals surface area contributed by atoms with E-state index in [0.717, 1.165) is 18.7 Å². The van der Waals surface area contributed by atoms with Gasteiger partial charge in [0, 0.05) is 18.1 Å². The van der Waals surface area contributed by atoms with Crippen LogP contribution in [0, 0.1) is 0 Å². The summed E-state index contributed by atoms with van der Waals surface area (Å²) in [5.41, 5.74) is 1.03. The van der Waals surface area contributed by atoms with E-state index in [2.05, 4.69) is 11.9 Å². The number of benzene rings is 2. The van der Waals surface area contributed by atoms with E-state index in [4.69, 9.17) is 25.8 Å². The molecule has 24 heavy (non-hydrogen) atoms. The molecule has 1 fully saturated rings. The number of ether oxygens (including phenoxy) is 3. The van der Waals surface area contributed by atoms with Gasteiger partial charge in [0.25, 0.3) is 0 Å². The molecule has 5 heteroatoms. The van der Waals surface area contributed by atoms with Crippen molar-refractivity contribution in [1.29, 1.82) is 0 Å². The van der Waals surface area contributed by atoms with Gasteiger partial charge in [-0.2, -0.15) is 0 Å². The minimum Gasteiger partial charge on any atom is -0.493 e. The first-order chi connectivity index (χ1) is 11.7. The van der Waals surface area contributed by atoms with E-state index in [9.17, 15) is 0 Å². The van der Waals surface area contributed by atoms with Gasteiger partial charge >= 0.3 is 0 Å². The van der Waals surface area contributed by atoms with Crippen LogP contribution in [-0.4, -0.2) is 44.9 Å². The molecule has 128 valence electrons. The highest BCUT2D eigenvalue weighted by Gasteiger charge is 2.30. The predicted molar refractivity (Wildman–Crippen MR) is 95.1 cm³/mol. The molecule has 0 saturated carbocycles. The summed E-state index contributed by atoms with van der Waals surface area (Å²) in [5, 5.41) is 0.705. The molecule has 0 N–H and O–H groups in total. The van der Waals surface area contributed by atoms with E-state index in [0.29, 0.717) is 23.1 Å². The van der Waals surface area contributed by atoms with Crippen LogP contribution in [0.2, 0.25) is 5.02 Å². The molecule has 1 aliphatic heterocycles. The predicted octanol–water partition coefficient (Wildman–Crippen LogP) is 3.80. The lowest BCUT2D eigenvalue weighted by molar-refractivity contribution is -0.0763. The van der Waals surface area contributed by atoms with Crippen LogP contribution in [0.25, 0.3) is 0 Å². The lowest BCUT2D eigenvalue weighted by Crippen LogP contribution is -2.44. The van der Waals surface area contributed by atoms with Gasteiger partial charge in [-0.1, -0.05) is 35.9 Å². The summed E-state index contributed by atoms with van der Waals surface area (Å²) in [5.74, 6) is 1.41. The van der Waals surface area contributed by atoms with Gasteiger partial charge in [-0.15, -0.1) is 0 Å². The fraction of sp³-hybridized carbons (Fsp3) is 0.368. The largest absolute Gasteiger partial charge is 0.493 e. The summed E-state index contributed by atoms with van der Waals surface area (Å²) in [7, 11) is 3.74. The molecule has 2 unspecified atom stereocenters. The van der Waals surface area contributed by atoms with E-state index in [1.54, 1.807) is 7.11 Å². The summed E-state index contributed by atoms with van der Waals surface area (Å²) >= 11 is 6.03. The highest BCUT2D eigenvalue weighted by molar-refractivity contribution is 6.30. The number of nitrogens with zero attached hydrogens (tertiary/aromatic N) is 1. The molecule has 2 aromatic carbocycles. The van der Waals surface area contributed by atoms with Crippen LogP contribution in [0.5, 0.6) is 11.5 Å². The molecule has 0 aromatic heterocycles. The molecule has 0 amide bonds. The second-order valence-corrected chi connectivity index (χ2v) is 6.35. The normalized spacial score (nSPS) is 19.7. The van der Waals surface area contributed by atoms with Crippen LogP contribution >= 0.6 is 11.6 Å². The third-order valence-electron chi connectivity index (χ3n) is 4.16. The van der Waals surface area contributed by atoms with E-state index >= 15 is 0 Å². The summed E-state index contributed by atoms with van der Waals surface area (Å²) in [6, 6.07) is 15.4. The molecule has 1 heterocycles. The first-order valence-corrected chi connectivity index (χ1v) is 8.40. The zero-order valence-corrected chi connectivity index (χ0v) is 14.7. The number of hydrogen-bond donors (Lipinski definition) is 0. The minimum atomic E-state index is -0.235. The Morgan fingerprint density at radius 1 is 1.12 bits per heavy atom. The lowest BCUT2D eigenvalue weighted by atomic mass is 10.0. The summed E-state index contributed by atoms with van der Waals surface area (Å²) in [6.45, 7) is 2.43. The molecule has 1 aliphatic rings. The molecule has 2 atom stereocenters. The van der Waals surface area contributed by atoms with Gasteiger partial charge in [0.05, 0.1) is 13.7 Å². The standard InChI is InChI=1S/C19H22ClNO3/c1-21-11-12-23-18(13-21)19(14-7-9-15(20)10-8-14)24-17-6-4-3-5-16(17)22-2/h3-10,18-19H,11-13H2,1-2H3. The number of halogens is 1. The molecule has 3 rings (SSSR count). The highest BCUT2D eigenvalue weighted by atomic mass is 35.5. The summed E-state index contributed by atoms with van der Waals surface area (Å²) < 4.78 is 17.7. The van der Waals surface area contributed by atoms with Crippen molar-refractivity contribution in [3.05, 3.63) is 59.1 Å². The first-order valence-electron chi connectivity index (χ1n) is 8.02. The van der Waals surface area contributed by atoms with Gasteiger partial charge in [-0.25, -0.2) is 0 Å². The Labute approximate surface area is 147 Å². The summed E-state index contributed by atoms with van der Waals surface area (Å²) in [6.07, 6.45) is -0.295. The van der Waals surface area contributed by atoms with E-state index in [1.165, 1.54) is 0 Å². The number of morpholine rings is 1. The van der Waals surface area contributed by atoms with Crippen molar-refractivity contribution in [3.63, 3.8) is 0 Å². The van der Waals surface area contributed by atoms with Crippen molar-refractivity contribution in [2.24, 2.45) is 0 Å². The van der Waals surface area contributed by atoms with Gasteiger partial charge in [-0.05, 0) is 36.9 Å².